The first kappa shape index (κ1) is 9.78. The number of Topliss-reactive ketones (excluding diaryl/α,β-unsaturated/α-hetero) is 1. The summed E-state index contributed by atoms with van der Waals surface area (Å²) in [6.07, 6.45) is 1.95. The van der Waals surface area contributed by atoms with E-state index >= 15 is 0 Å². The van der Waals surface area contributed by atoms with E-state index in [1.807, 2.05) is 11.3 Å². The van der Waals surface area contributed by atoms with Gasteiger partial charge in [0.1, 0.15) is 5.69 Å². The first-order valence-electron chi connectivity index (χ1n) is 5.34. The molecule has 0 spiro atoms. The highest BCUT2D eigenvalue weighted by atomic mass is 32.1. The van der Waals surface area contributed by atoms with E-state index in [1.165, 1.54) is 15.3 Å². The monoisotopic (exact) mass is 232 g/mol. The smallest absolute Gasteiger partial charge is 0.177 e. The van der Waals surface area contributed by atoms with Gasteiger partial charge in [0.25, 0.3) is 0 Å². The summed E-state index contributed by atoms with van der Waals surface area (Å²) in [4.78, 5) is 14.1. The molecule has 2 aromatic heterocycles. The maximum Gasteiger partial charge on any atom is 0.177 e. The SMILES string of the molecule is CC(=O)c1[nH]nc2c1CCc1sc(C)cc1-2. The zero-order chi connectivity index (χ0) is 11.3. The van der Waals surface area contributed by atoms with E-state index in [9.17, 15) is 4.79 Å². The van der Waals surface area contributed by atoms with E-state index in [-0.39, 0.29) is 5.78 Å². The normalized spacial score (nSPS) is 13.4. The van der Waals surface area contributed by atoms with Crippen molar-refractivity contribution in [2.75, 3.05) is 0 Å². The second-order valence-electron chi connectivity index (χ2n) is 4.18. The number of nitrogens with zero attached hydrogens (tertiary/aromatic N) is 1. The Morgan fingerprint density at radius 2 is 2.31 bits per heavy atom. The van der Waals surface area contributed by atoms with Crippen molar-refractivity contribution >= 4 is 17.1 Å². The van der Waals surface area contributed by atoms with Crippen LogP contribution in [0.25, 0.3) is 11.3 Å². The third kappa shape index (κ3) is 1.26. The second kappa shape index (κ2) is 3.28. The zero-order valence-electron chi connectivity index (χ0n) is 9.26. The van der Waals surface area contributed by atoms with Gasteiger partial charge in [0, 0.05) is 27.8 Å². The summed E-state index contributed by atoms with van der Waals surface area (Å²) in [6, 6.07) is 2.17. The Bertz CT molecular complexity index is 580. The topological polar surface area (TPSA) is 45.8 Å². The number of carbonyl (C=O) groups excluding carboxylic acids is 1. The molecular formula is C12H12N2OS. The van der Waals surface area contributed by atoms with Gasteiger partial charge in [-0.3, -0.25) is 9.89 Å². The molecular weight excluding hydrogens is 220 g/mol. The Morgan fingerprint density at radius 1 is 1.50 bits per heavy atom. The van der Waals surface area contributed by atoms with Crippen LogP contribution in [0.1, 0.15) is 32.7 Å². The maximum absolute atomic E-state index is 11.4. The van der Waals surface area contributed by atoms with E-state index in [2.05, 4.69) is 23.2 Å². The lowest BCUT2D eigenvalue weighted by molar-refractivity contribution is 0.101. The largest absolute Gasteiger partial charge is 0.293 e. The number of rotatable bonds is 1. The van der Waals surface area contributed by atoms with Crippen LogP contribution in [0.2, 0.25) is 0 Å². The summed E-state index contributed by atoms with van der Waals surface area (Å²) >= 11 is 1.83. The molecule has 0 saturated carbocycles. The van der Waals surface area contributed by atoms with Gasteiger partial charge in [-0.25, -0.2) is 0 Å². The molecule has 0 bridgehead atoms. The number of thiophene rings is 1. The van der Waals surface area contributed by atoms with Gasteiger partial charge in [-0.2, -0.15) is 5.10 Å². The standard InChI is InChI=1S/C12H12N2OS/c1-6-5-9-10(16-6)4-3-8-11(7(2)15)13-14-12(8)9/h5H,3-4H2,1-2H3,(H,13,14). The van der Waals surface area contributed by atoms with Gasteiger partial charge in [0.05, 0.1) is 5.69 Å². The minimum Gasteiger partial charge on any atom is -0.293 e. The van der Waals surface area contributed by atoms with Crippen molar-refractivity contribution in [1.29, 1.82) is 0 Å². The molecule has 3 nitrogen and oxygen atoms in total. The van der Waals surface area contributed by atoms with Gasteiger partial charge < -0.3 is 0 Å². The van der Waals surface area contributed by atoms with Gasteiger partial charge in [-0.05, 0) is 25.8 Å². The molecule has 2 aromatic rings. The molecule has 0 unspecified atom stereocenters. The molecule has 0 saturated heterocycles. The molecule has 1 aliphatic rings. The van der Waals surface area contributed by atoms with Crippen molar-refractivity contribution in [2.45, 2.75) is 26.7 Å². The minimum atomic E-state index is 0.0733. The van der Waals surface area contributed by atoms with Gasteiger partial charge in [-0.15, -0.1) is 11.3 Å². The van der Waals surface area contributed by atoms with Crippen LogP contribution in [0.4, 0.5) is 0 Å². The Hall–Kier alpha value is -1.42. The minimum absolute atomic E-state index is 0.0733. The molecule has 0 fully saturated rings. The zero-order valence-corrected chi connectivity index (χ0v) is 10.1. The first-order chi connectivity index (χ1) is 7.66. The molecule has 1 N–H and O–H groups in total. The predicted octanol–water partition coefficient (Wildman–Crippen LogP) is 2.75. The average Bonchev–Trinajstić information content (AvgIpc) is 2.77. The van der Waals surface area contributed by atoms with E-state index in [0.717, 1.165) is 24.1 Å². The number of aromatic nitrogens is 2. The van der Waals surface area contributed by atoms with Crippen molar-refractivity contribution in [2.24, 2.45) is 0 Å². The molecule has 16 heavy (non-hydrogen) atoms. The molecule has 0 aromatic carbocycles. The van der Waals surface area contributed by atoms with E-state index < -0.39 is 0 Å². The van der Waals surface area contributed by atoms with Crippen LogP contribution in [0.15, 0.2) is 6.07 Å². The Kier molecular flexibility index (Phi) is 2.01. The lowest BCUT2D eigenvalue weighted by Gasteiger charge is -2.10. The third-order valence-electron chi connectivity index (χ3n) is 3.01. The molecule has 3 rings (SSSR count). The molecule has 1 aliphatic carbocycles. The quantitative estimate of drug-likeness (QED) is 0.768. The highest BCUT2D eigenvalue weighted by Crippen LogP contribution is 2.38. The number of aryl methyl sites for hydroxylation is 2. The Labute approximate surface area is 97.5 Å². The fraction of sp³-hybridized carbons (Fsp3) is 0.333. The number of ketones is 1. The van der Waals surface area contributed by atoms with Gasteiger partial charge >= 0.3 is 0 Å². The summed E-state index contributed by atoms with van der Waals surface area (Å²) < 4.78 is 0. The number of hydrogen-bond acceptors (Lipinski definition) is 3. The van der Waals surface area contributed by atoms with Crippen molar-refractivity contribution in [3.8, 4) is 11.3 Å². The van der Waals surface area contributed by atoms with E-state index in [1.54, 1.807) is 6.92 Å². The number of hydrogen-bond donors (Lipinski definition) is 1. The molecule has 2 heterocycles. The number of fused-ring (bicyclic) bond motifs is 3. The molecule has 82 valence electrons. The van der Waals surface area contributed by atoms with Crippen molar-refractivity contribution in [1.82, 2.24) is 10.2 Å². The van der Waals surface area contributed by atoms with Crippen molar-refractivity contribution < 1.29 is 4.79 Å². The number of aromatic amines is 1. The second-order valence-corrected chi connectivity index (χ2v) is 5.52. The van der Waals surface area contributed by atoms with E-state index in [4.69, 9.17) is 0 Å². The molecule has 0 amide bonds. The van der Waals surface area contributed by atoms with Crippen LogP contribution < -0.4 is 0 Å². The lowest BCUT2D eigenvalue weighted by Crippen LogP contribution is -2.04. The van der Waals surface area contributed by atoms with Crippen molar-refractivity contribution in [3.05, 3.63) is 27.1 Å². The molecule has 0 aliphatic heterocycles. The first-order valence-corrected chi connectivity index (χ1v) is 6.16. The fourth-order valence-electron chi connectivity index (χ4n) is 2.31. The van der Waals surface area contributed by atoms with Crippen LogP contribution in [0.5, 0.6) is 0 Å². The molecule has 0 radical (unpaired) electrons. The number of nitrogens with one attached hydrogen (secondary N) is 1. The van der Waals surface area contributed by atoms with Gasteiger partial charge in [0.15, 0.2) is 5.78 Å². The highest BCUT2D eigenvalue weighted by molar-refractivity contribution is 7.12. The number of carbonyl (C=O) groups is 1. The van der Waals surface area contributed by atoms with Crippen molar-refractivity contribution in [3.63, 3.8) is 0 Å². The lowest BCUT2D eigenvalue weighted by atomic mass is 9.94. The summed E-state index contributed by atoms with van der Waals surface area (Å²) in [5, 5.41) is 7.16. The van der Waals surface area contributed by atoms with Crippen LogP contribution in [0.3, 0.4) is 0 Å². The van der Waals surface area contributed by atoms with Crippen LogP contribution in [-0.2, 0) is 12.8 Å². The Morgan fingerprint density at radius 3 is 3.06 bits per heavy atom. The predicted molar refractivity (Wildman–Crippen MR) is 64.1 cm³/mol. The van der Waals surface area contributed by atoms with Crippen LogP contribution >= 0.6 is 11.3 Å². The average molecular weight is 232 g/mol. The Balaban J connectivity index is 2.22. The van der Waals surface area contributed by atoms with E-state index in [0.29, 0.717) is 5.69 Å². The van der Waals surface area contributed by atoms with Gasteiger partial charge in [-0.1, -0.05) is 0 Å². The third-order valence-corrected chi connectivity index (χ3v) is 4.12. The molecule has 0 atom stereocenters. The number of H-pyrrole nitrogens is 1. The molecule has 4 heteroatoms. The highest BCUT2D eigenvalue weighted by Gasteiger charge is 2.24. The summed E-state index contributed by atoms with van der Waals surface area (Å²) in [6.45, 7) is 3.70. The summed E-state index contributed by atoms with van der Waals surface area (Å²) in [5.74, 6) is 0.0733. The maximum atomic E-state index is 11.4. The van der Waals surface area contributed by atoms with Gasteiger partial charge in [0.2, 0.25) is 0 Å². The van der Waals surface area contributed by atoms with Crippen LogP contribution in [-0.4, -0.2) is 16.0 Å². The van der Waals surface area contributed by atoms with Crippen LogP contribution in [0, 0.1) is 6.92 Å². The summed E-state index contributed by atoms with van der Waals surface area (Å²) in [5.41, 5.74) is 3.98. The fourth-order valence-corrected chi connectivity index (χ4v) is 3.34. The summed E-state index contributed by atoms with van der Waals surface area (Å²) in [7, 11) is 0.